The lowest BCUT2D eigenvalue weighted by Gasteiger charge is -2.34. The normalized spacial score (nSPS) is 18.0. The van der Waals surface area contributed by atoms with Gasteiger partial charge in [0.25, 0.3) is 11.8 Å². The van der Waals surface area contributed by atoms with Crippen molar-refractivity contribution in [2.45, 2.75) is 65.5 Å². The van der Waals surface area contributed by atoms with Gasteiger partial charge in [-0.3, -0.25) is 29.4 Å². The number of aromatic nitrogens is 2. The molecule has 2 aromatic heterocycles. The molecule has 4 amide bonds. The molecule has 5 rings (SSSR count). The van der Waals surface area contributed by atoms with Crippen molar-refractivity contribution < 1.29 is 23.9 Å². The summed E-state index contributed by atoms with van der Waals surface area (Å²) >= 11 is 0. The van der Waals surface area contributed by atoms with Crippen molar-refractivity contribution in [1.82, 2.24) is 19.6 Å². The lowest BCUT2D eigenvalue weighted by molar-refractivity contribution is -0.136. The summed E-state index contributed by atoms with van der Waals surface area (Å²) in [4.78, 5) is 56.5. The lowest BCUT2D eigenvalue weighted by atomic mass is 9.82. The summed E-state index contributed by atoms with van der Waals surface area (Å²) in [5.41, 5.74) is 2.05. The van der Waals surface area contributed by atoms with Crippen LogP contribution in [0.2, 0.25) is 0 Å². The smallest absolute Gasteiger partial charge is 0.262 e. The van der Waals surface area contributed by atoms with Crippen LogP contribution in [0.4, 0.5) is 5.82 Å². The van der Waals surface area contributed by atoms with Gasteiger partial charge in [-0.05, 0) is 56.4 Å². The van der Waals surface area contributed by atoms with E-state index in [1.165, 1.54) is 0 Å². The Kier molecular flexibility index (Phi) is 6.24. The first kappa shape index (κ1) is 26.4. The molecule has 1 unspecified atom stereocenters. The van der Waals surface area contributed by atoms with Gasteiger partial charge >= 0.3 is 0 Å². The Bertz CT molecular complexity index is 1530. The summed E-state index contributed by atoms with van der Waals surface area (Å²) < 4.78 is 7.55. The van der Waals surface area contributed by atoms with E-state index in [0.29, 0.717) is 28.6 Å². The van der Waals surface area contributed by atoms with Gasteiger partial charge in [0.05, 0.1) is 18.2 Å². The Balaban J connectivity index is 1.59. The van der Waals surface area contributed by atoms with Crippen LogP contribution in [0.5, 0.6) is 5.88 Å². The van der Waals surface area contributed by atoms with E-state index in [2.05, 4.69) is 45.3 Å². The molecule has 3 aromatic rings. The zero-order chi connectivity index (χ0) is 28.3. The summed E-state index contributed by atoms with van der Waals surface area (Å²) in [7, 11) is 1.60. The summed E-state index contributed by atoms with van der Waals surface area (Å²) in [6.45, 7) is 10.8. The summed E-state index contributed by atoms with van der Waals surface area (Å²) in [6.07, 6.45) is 1.03. The second-order valence-electron chi connectivity index (χ2n) is 12.0. The number of ether oxygens (including phenoxy) is 1. The highest BCUT2D eigenvalue weighted by Crippen LogP contribution is 2.38. The summed E-state index contributed by atoms with van der Waals surface area (Å²) in [6, 6.07) is 9.57. The first-order valence-corrected chi connectivity index (χ1v) is 13.0. The number of carbonyl (C=O) groups excluding carboxylic acids is 4. The van der Waals surface area contributed by atoms with Gasteiger partial charge in [-0.25, -0.2) is 9.38 Å². The number of methoxy groups -OCH3 is 1. The number of rotatable bonds is 6. The number of nitrogens with one attached hydrogen (secondary N) is 2. The topological polar surface area (TPSA) is 122 Å². The maximum atomic E-state index is 13.4. The van der Waals surface area contributed by atoms with Crippen molar-refractivity contribution in [2.24, 2.45) is 5.41 Å². The SMILES string of the molecule is COc1cccc2nc(-c3ccc4c(c3)C(=O)N(C3CCC(=O)NC3=O)C4=O)c(NC(C)(C)CC(C)(C)C)n12. The number of anilines is 1. The lowest BCUT2D eigenvalue weighted by Crippen LogP contribution is -2.54. The first-order valence-electron chi connectivity index (χ1n) is 13.0. The fraction of sp³-hybridized carbons (Fsp3) is 0.414. The Labute approximate surface area is 226 Å². The number of amides is 4. The molecule has 1 aromatic carbocycles. The van der Waals surface area contributed by atoms with E-state index in [-0.39, 0.29) is 34.9 Å². The maximum absolute atomic E-state index is 13.4. The van der Waals surface area contributed by atoms with E-state index in [4.69, 9.17) is 9.72 Å². The van der Waals surface area contributed by atoms with Gasteiger partial charge in [0.2, 0.25) is 17.7 Å². The molecule has 4 heterocycles. The zero-order valence-electron chi connectivity index (χ0n) is 23.0. The van der Waals surface area contributed by atoms with Gasteiger partial charge < -0.3 is 10.1 Å². The van der Waals surface area contributed by atoms with E-state index in [0.717, 1.165) is 11.3 Å². The third-order valence-electron chi connectivity index (χ3n) is 6.96. The summed E-state index contributed by atoms with van der Waals surface area (Å²) in [5, 5.41) is 5.90. The third kappa shape index (κ3) is 4.75. The van der Waals surface area contributed by atoms with Gasteiger partial charge in [0.1, 0.15) is 23.2 Å². The minimum absolute atomic E-state index is 0.0566. The number of imide groups is 2. The number of benzene rings is 1. The summed E-state index contributed by atoms with van der Waals surface area (Å²) in [5.74, 6) is -0.854. The van der Waals surface area contributed by atoms with E-state index in [9.17, 15) is 19.2 Å². The van der Waals surface area contributed by atoms with Crippen LogP contribution in [-0.2, 0) is 9.59 Å². The Hall–Kier alpha value is -4.21. The molecule has 0 bridgehead atoms. The molecule has 10 nitrogen and oxygen atoms in total. The molecule has 0 spiro atoms. The molecular formula is C29H33N5O5. The van der Waals surface area contributed by atoms with Crippen LogP contribution >= 0.6 is 0 Å². The van der Waals surface area contributed by atoms with Crippen LogP contribution in [0, 0.1) is 5.41 Å². The number of pyridine rings is 1. The predicted octanol–water partition coefficient (Wildman–Crippen LogP) is 4.04. The van der Waals surface area contributed by atoms with Gasteiger partial charge in [0, 0.05) is 17.5 Å². The number of piperidine rings is 1. The maximum Gasteiger partial charge on any atom is 0.262 e. The molecule has 0 radical (unpaired) electrons. The van der Waals surface area contributed by atoms with Crippen molar-refractivity contribution in [3.05, 3.63) is 47.5 Å². The average molecular weight is 532 g/mol. The van der Waals surface area contributed by atoms with Crippen molar-refractivity contribution in [3.8, 4) is 17.1 Å². The molecule has 1 saturated heterocycles. The highest BCUT2D eigenvalue weighted by molar-refractivity contribution is 6.23. The molecule has 10 heteroatoms. The van der Waals surface area contributed by atoms with Gasteiger partial charge in [0.15, 0.2) is 0 Å². The third-order valence-corrected chi connectivity index (χ3v) is 6.96. The molecule has 2 aliphatic heterocycles. The Morgan fingerprint density at radius 3 is 2.41 bits per heavy atom. The molecular weight excluding hydrogens is 498 g/mol. The zero-order valence-corrected chi connectivity index (χ0v) is 23.0. The molecule has 1 atom stereocenters. The second kappa shape index (κ2) is 9.21. The predicted molar refractivity (Wildman–Crippen MR) is 146 cm³/mol. The van der Waals surface area contributed by atoms with Crippen molar-refractivity contribution in [1.29, 1.82) is 0 Å². The van der Waals surface area contributed by atoms with Gasteiger partial charge in [-0.2, -0.15) is 0 Å². The number of carbonyl (C=O) groups is 4. The second-order valence-corrected chi connectivity index (χ2v) is 12.0. The van der Waals surface area contributed by atoms with Crippen molar-refractivity contribution >= 4 is 35.1 Å². The number of hydrogen-bond acceptors (Lipinski definition) is 7. The van der Waals surface area contributed by atoms with Crippen LogP contribution in [0.1, 0.15) is 74.6 Å². The largest absolute Gasteiger partial charge is 0.482 e. The monoisotopic (exact) mass is 531 g/mol. The quantitative estimate of drug-likeness (QED) is 0.461. The number of imidazole rings is 1. The number of nitrogens with zero attached hydrogens (tertiary/aromatic N) is 3. The van der Waals surface area contributed by atoms with Crippen molar-refractivity contribution in [3.63, 3.8) is 0 Å². The Morgan fingerprint density at radius 2 is 1.74 bits per heavy atom. The minimum atomic E-state index is -1.02. The molecule has 39 heavy (non-hydrogen) atoms. The van der Waals surface area contributed by atoms with E-state index >= 15 is 0 Å². The van der Waals surface area contributed by atoms with Crippen LogP contribution in [0.3, 0.4) is 0 Å². The number of fused-ring (bicyclic) bond motifs is 2. The molecule has 0 aliphatic carbocycles. The molecule has 0 saturated carbocycles. The van der Waals surface area contributed by atoms with Crippen LogP contribution in [-0.4, -0.2) is 56.6 Å². The molecule has 204 valence electrons. The first-order chi connectivity index (χ1) is 18.3. The fourth-order valence-corrected chi connectivity index (χ4v) is 5.85. The highest BCUT2D eigenvalue weighted by Gasteiger charge is 2.44. The fourth-order valence-electron chi connectivity index (χ4n) is 5.85. The average Bonchev–Trinajstić information content (AvgIpc) is 3.32. The number of hydrogen-bond donors (Lipinski definition) is 2. The van der Waals surface area contributed by atoms with Crippen molar-refractivity contribution in [2.75, 3.05) is 12.4 Å². The standard InChI is InChI=1S/C29H33N5O5/c1-28(2,3)15-29(4,5)32-24-23(30-20-8-7-9-22(39-6)34(20)24)16-10-11-17-18(14-16)27(38)33(26(17)37)19-12-13-21(35)31-25(19)36/h7-11,14,19,32H,12-13,15H2,1-6H3,(H,31,35,36). The molecule has 2 N–H and O–H groups in total. The van der Waals surface area contributed by atoms with Crippen LogP contribution in [0.25, 0.3) is 16.9 Å². The molecule has 2 aliphatic rings. The minimum Gasteiger partial charge on any atom is -0.482 e. The van der Waals surface area contributed by atoms with Gasteiger partial charge in [-0.15, -0.1) is 0 Å². The van der Waals surface area contributed by atoms with Crippen LogP contribution in [0.15, 0.2) is 36.4 Å². The van der Waals surface area contributed by atoms with E-state index < -0.39 is 29.7 Å². The highest BCUT2D eigenvalue weighted by atomic mass is 16.5. The van der Waals surface area contributed by atoms with E-state index in [1.807, 2.05) is 22.6 Å². The Morgan fingerprint density at radius 1 is 1.03 bits per heavy atom. The van der Waals surface area contributed by atoms with Gasteiger partial charge in [-0.1, -0.05) is 32.9 Å². The molecule has 1 fully saturated rings. The van der Waals surface area contributed by atoms with E-state index in [1.54, 1.807) is 25.3 Å². The van der Waals surface area contributed by atoms with Crippen LogP contribution < -0.4 is 15.4 Å².